The van der Waals surface area contributed by atoms with Gasteiger partial charge in [-0.1, -0.05) is 6.07 Å². The van der Waals surface area contributed by atoms with Crippen molar-refractivity contribution in [3.63, 3.8) is 0 Å². The van der Waals surface area contributed by atoms with Crippen molar-refractivity contribution in [2.24, 2.45) is 5.14 Å². The number of nitro groups is 1. The van der Waals surface area contributed by atoms with E-state index in [0.717, 1.165) is 5.56 Å². The van der Waals surface area contributed by atoms with Crippen LogP contribution in [0, 0.1) is 17.0 Å². The van der Waals surface area contributed by atoms with Crippen LogP contribution in [0.5, 0.6) is 0 Å². The second-order valence-electron chi connectivity index (χ2n) is 4.93. The smallest absolute Gasteiger partial charge is 0.292 e. The van der Waals surface area contributed by atoms with Crippen molar-refractivity contribution in [3.05, 3.63) is 58.1 Å². The van der Waals surface area contributed by atoms with Crippen LogP contribution in [-0.4, -0.2) is 18.5 Å². The number of anilines is 2. The largest absolute Gasteiger partial charge is 0.332 e. The maximum Gasteiger partial charge on any atom is 0.292 e. The van der Waals surface area contributed by atoms with Crippen LogP contribution in [0.3, 0.4) is 0 Å². The van der Waals surface area contributed by atoms with Gasteiger partial charge in [0.2, 0.25) is 10.0 Å². The molecular weight excluding hydrogens is 352 g/mol. The molecule has 126 valence electrons. The maximum atomic E-state index is 11.2. The molecule has 2 aromatic carbocycles. The summed E-state index contributed by atoms with van der Waals surface area (Å²) < 4.78 is 22.4. The average Bonchev–Trinajstić information content (AvgIpc) is 2.48. The fourth-order valence-corrected chi connectivity index (χ4v) is 2.65. The Labute approximate surface area is 143 Å². The third-order valence-corrected chi connectivity index (χ3v) is 4.17. The highest BCUT2D eigenvalue weighted by molar-refractivity contribution is 7.89. The summed E-state index contributed by atoms with van der Waals surface area (Å²) in [6, 6.07) is 10.3. The lowest BCUT2D eigenvalue weighted by atomic mass is 10.2. The number of hydrogen-bond acceptors (Lipinski definition) is 5. The quantitative estimate of drug-likeness (QED) is 0.430. The van der Waals surface area contributed by atoms with Crippen molar-refractivity contribution in [1.29, 1.82) is 0 Å². The van der Waals surface area contributed by atoms with Gasteiger partial charge in [0.05, 0.1) is 9.82 Å². The number of aryl methyl sites for hydroxylation is 1. The van der Waals surface area contributed by atoms with Gasteiger partial charge in [-0.15, -0.1) is 0 Å². The van der Waals surface area contributed by atoms with Gasteiger partial charge in [-0.25, -0.2) is 13.6 Å². The first-order chi connectivity index (χ1) is 11.2. The van der Waals surface area contributed by atoms with E-state index in [1.807, 2.05) is 0 Å². The van der Waals surface area contributed by atoms with E-state index in [2.05, 4.69) is 10.6 Å². The monoisotopic (exact) mass is 366 g/mol. The summed E-state index contributed by atoms with van der Waals surface area (Å²) in [4.78, 5) is 10.6. The van der Waals surface area contributed by atoms with Gasteiger partial charge in [0.15, 0.2) is 5.11 Å². The standard InChI is InChI=1S/C14H14N4O4S2/c1-9-2-7-12(13(8-9)18(19)20)17-14(23)16-10-3-5-11(6-4-10)24(15,21)22/h2-8H,1H3,(H2,15,21,22)(H2,16,17,23). The molecule has 0 saturated heterocycles. The van der Waals surface area contributed by atoms with Crippen LogP contribution < -0.4 is 15.8 Å². The van der Waals surface area contributed by atoms with Crippen LogP contribution in [0.15, 0.2) is 47.4 Å². The molecule has 2 aromatic rings. The number of benzene rings is 2. The third-order valence-electron chi connectivity index (χ3n) is 3.04. The van der Waals surface area contributed by atoms with Crippen molar-refractivity contribution in [2.75, 3.05) is 10.6 Å². The van der Waals surface area contributed by atoms with E-state index in [4.69, 9.17) is 17.4 Å². The minimum absolute atomic E-state index is 0.0268. The van der Waals surface area contributed by atoms with E-state index in [-0.39, 0.29) is 21.4 Å². The van der Waals surface area contributed by atoms with E-state index in [1.165, 1.54) is 30.3 Å². The molecule has 0 bridgehead atoms. The van der Waals surface area contributed by atoms with Crippen LogP contribution in [0.4, 0.5) is 17.1 Å². The summed E-state index contributed by atoms with van der Waals surface area (Å²) in [6.07, 6.45) is 0. The number of nitro benzene ring substituents is 1. The molecule has 0 aromatic heterocycles. The molecule has 0 radical (unpaired) electrons. The molecule has 0 aliphatic rings. The Morgan fingerprint density at radius 1 is 1.17 bits per heavy atom. The van der Waals surface area contributed by atoms with Gasteiger partial charge in [0, 0.05) is 11.8 Å². The van der Waals surface area contributed by atoms with Gasteiger partial charge in [-0.05, 0) is 55.0 Å². The second-order valence-corrected chi connectivity index (χ2v) is 6.90. The van der Waals surface area contributed by atoms with Crippen molar-refractivity contribution in [1.82, 2.24) is 0 Å². The molecule has 0 atom stereocenters. The zero-order valence-electron chi connectivity index (χ0n) is 12.5. The Bertz CT molecular complexity index is 895. The van der Waals surface area contributed by atoms with Gasteiger partial charge < -0.3 is 10.6 Å². The molecule has 4 N–H and O–H groups in total. The molecule has 0 amide bonds. The van der Waals surface area contributed by atoms with Crippen LogP contribution in [0.2, 0.25) is 0 Å². The summed E-state index contributed by atoms with van der Waals surface area (Å²) in [5.74, 6) is 0. The van der Waals surface area contributed by atoms with Gasteiger partial charge in [-0.3, -0.25) is 10.1 Å². The minimum atomic E-state index is -3.77. The maximum absolute atomic E-state index is 11.2. The normalized spacial score (nSPS) is 10.9. The van der Waals surface area contributed by atoms with Gasteiger partial charge in [0.25, 0.3) is 5.69 Å². The van der Waals surface area contributed by atoms with Gasteiger partial charge in [-0.2, -0.15) is 0 Å². The molecule has 8 nitrogen and oxygen atoms in total. The Morgan fingerprint density at radius 2 is 1.79 bits per heavy atom. The Morgan fingerprint density at radius 3 is 2.33 bits per heavy atom. The van der Waals surface area contributed by atoms with Gasteiger partial charge >= 0.3 is 0 Å². The summed E-state index contributed by atoms with van der Waals surface area (Å²) in [6.45, 7) is 1.75. The van der Waals surface area contributed by atoms with Gasteiger partial charge in [0.1, 0.15) is 5.69 Å². The van der Waals surface area contributed by atoms with Crippen LogP contribution in [-0.2, 0) is 10.0 Å². The molecule has 2 rings (SSSR count). The Hall–Kier alpha value is -2.56. The van der Waals surface area contributed by atoms with E-state index in [0.29, 0.717) is 5.69 Å². The van der Waals surface area contributed by atoms with Crippen LogP contribution >= 0.6 is 12.2 Å². The number of primary sulfonamides is 1. The molecule has 10 heteroatoms. The first kappa shape index (κ1) is 17.8. The summed E-state index contributed by atoms with van der Waals surface area (Å²) in [5, 5.41) is 21.8. The lowest BCUT2D eigenvalue weighted by molar-refractivity contribution is -0.383. The van der Waals surface area contributed by atoms with E-state index in [1.54, 1.807) is 19.1 Å². The third kappa shape index (κ3) is 4.47. The number of sulfonamides is 1. The molecule has 0 aliphatic heterocycles. The van der Waals surface area contributed by atoms with Crippen LogP contribution in [0.25, 0.3) is 0 Å². The molecule has 0 unspecified atom stereocenters. The number of nitrogens with zero attached hydrogens (tertiary/aromatic N) is 1. The molecule has 0 heterocycles. The molecular formula is C14H14N4O4S2. The predicted molar refractivity (Wildman–Crippen MR) is 95.5 cm³/mol. The topological polar surface area (TPSA) is 127 Å². The minimum Gasteiger partial charge on any atom is -0.332 e. The molecule has 0 saturated carbocycles. The summed E-state index contributed by atoms with van der Waals surface area (Å²) in [7, 11) is -3.77. The van der Waals surface area contributed by atoms with E-state index >= 15 is 0 Å². The highest BCUT2D eigenvalue weighted by Crippen LogP contribution is 2.25. The highest BCUT2D eigenvalue weighted by Gasteiger charge is 2.15. The average molecular weight is 366 g/mol. The number of hydrogen-bond donors (Lipinski definition) is 3. The van der Waals surface area contributed by atoms with Crippen molar-refractivity contribution in [2.45, 2.75) is 11.8 Å². The molecule has 0 aliphatic carbocycles. The fourth-order valence-electron chi connectivity index (χ4n) is 1.91. The summed E-state index contributed by atoms with van der Waals surface area (Å²) in [5.41, 5.74) is 1.42. The molecule has 0 spiro atoms. The van der Waals surface area contributed by atoms with Crippen LogP contribution in [0.1, 0.15) is 5.56 Å². The second kappa shape index (κ2) is 6.91. The lowest BCUT2D eigenvalue weighted by Gasteiger charge is -2.11. The fraction of sp³-hybridized carbons (Fsp3) is 0.0714. The zero-order valence-corrected chi connectivity index (χ0v) is 14.1. The number of nitrogens with two attached hydrogens (primary N) is 1. The number of nitrogens with one attached hydrogen (secondary N) is 2. The first-order valence-electron chi connectivity index (χ1n) is 6.63. The number of thiocarbonyl (C=S) groups is 1. The van der Waals surface area contributed by atoms with E-state index in [9.17, 15) is 18.5 Å². The SMILES string of the molecule is Cc1ccc(NC(=S)Nc2ccc(S(N)(=O)=O)cc2)c([N+](=O)[O-])c1. The predicted octanol–water partition coefficient (Wildman–Crippen LogP) is 2.36. The summed E-state index contributed by atoms with van der Waals surface area (Å²) >= 11 is 5.12. The number of rotatable bonds is 4. The van der Waals surface area contributed by atoms with Crippen molar-refractivity contribution >= 4 is 44.4 Å². The lowest BCUT2D eigenvalue weighted by Crippen LogP contribution is -2.20. The Balaban J connectivity index is 2.13. The highest BCUT2D eigenvalue weighted by atomic mass is 32.2. The van der Waals surface area contributed by atoms with E-state index < -0.39 is 14.9 Å². The molecule has 24 heavy (non-hydrogen) atoms. The van der Waals surface area contributed by atoms with Crippen molar-refractivity contribution < 1.29 is 13.3 Å². The molecule has 0 fully saturated rings. The Kier molecular flexibility index (Phi) is 5.12. The zero-order chi connectivity index (χ0) is 17.9. The van der Waals surface area contributed by atoms with Crippen molar-refractivity contribution in [3.8, 4) is 0 Å². The first-order valence-corrected chi connectivity index (χ1v) is 8.58.